The lowest BCUT2D eigenvalue weighted by atomic mass is 9.94. The molecule has 0 radical (unpaired) electrons. The Balaban J connectivity index is 2.01. The van der Waals surface area contributed by atoms with E-state index in [0.29, 0.717) is 6.42 Å². The standard InChI is InChI=1S/C14H10F5NS/c15-9-10(16)12(18)14(13(19)11(9)17)20-7-2-1-3-8-6(7)4-5-21-8/h4-5,7,20H,1-3H2. The number of benzene rings is 1. The highest BCUT2D eigenvalue weighted by atomic mass is 32.1. The first-order chi connectivity index (χ1) is 10.0. The summed E-state index contributed by atoms with van der Waals surface area (Å²) in [5, 5.41) is 4.33. The Morgan fingerprint density at radius 2 is 1.57 bits per heavy atom. The quantitative estimate of drug-likeness (QED) is 0.470. The molecule has 0 spiro atoms. The molecular formula is C14H10F5NS. The van der Waals surface area contributed by atoms with Gasteiger partial charge in [-0.15, -0.1) is 11.3 Å². The smallest absolute Gasteiger partial charge is 0.200 e. The Bertz CT molecular complexity index is 668. The van der Waals surface area contributed by atoms with Gasteiger partial charge < -0.3 is 5.32 Å². The van der Waals surface area contributed by atoms with Crippen molar-refractivity contribution < 1.29 is 22.0 Å². The Hall–Kier alpha value is -1.63. The number of aryl methyl sites for hydroxylation is 1. The van der Waals surface area contributed by atoms with Crippen LogP contribution in [-0.4, -0.2) is 0 Å². The molecule has 112 valence electrons. The van der Waals surface area contributed by atoms with Gasteiger partial charge >= 0.3 is 0 Å². The molecule has 0 aliphatic heterocycles. The molecule has 0 amide bonds. The van der Waals surface area contributed by atoms with Gasteiger partial charge in [-0.3, -0.25) is 0 Å². The third-order valence-corrected chi connectivity index (χ3v) is 4.58. The lowest BCUT2D eigenvalue weighted by molar-refractivity contribution is 0.380. The van der Waals surface area contributed by atoms with Crippen LogP contribution in [0.5, 0.6) is 0 Å². The number of rotatable bonds is 2. The fourth-order valence-corrected chi connectivity index (χ4v) is 3.53. The maximum atomic E-state index is 13.7. The van der Waals surface area contributed by atoms with Crippen LogP contribution < -0.4 is 5.32 Å². The molecule has 1 heterocycles. The van der Waals surface area contributed by atoms with Crippen LogP contribution in [0.3, 0.4) is 0 Å². The van der Waals surface area contributed by atoms with Gasteiger partial charge in [-0.25, -0.2) is 22.0 Å². The highest BCUT2D eigenvalue weighted by molar-refractivity contribution is 7.10. The van der Waals surface area contributed by atoms with Crippen molar-refractivity contribution in [3.8, 4) is 0 Å². The number of anilines is 1. The van der Waals surface area contributed by atoms with Crippen molar-refractivity contribution in [3.63, 3.8) is 0 Å². The maximum absolute atomic E-state index is 13.7. The van der Waals surface area contributed by atoms with Crippen molar-refractivity contribution in [2.45, 2.75) is 25.3 Å². The predicted octanol–water partition coefficient (Wildman–Crippen LogP) is 4.93. The number of thiophene rings is 1. The monoisotopic (exact) mass is 319 g/mol. The number of hydrogen-bond acceptors (Lipinski definition) is 2. The highest BCUT2D eigenvalue weighted by Crippen LogP contribution is 2.37. The molecule has 0 saturated heterocycles. The zero-order valence-electron chi connectivity index (χ0n) is 10.7. The summed E-state index contributed by atoms with van der Waals surface area (Å²) >= 11 is 1.52. The van der Waals surface area contributed by atoms with Crippen LogP contribution in [0.1, 0.15) is 29.3 Å². The normalized spacial score (nSPS) is 17.7. The minimum atomic E-state index is -2.14. The SMILES string of the molecule is Fc1c(F)c(F)c(NC2CCCc3sccc32)c(F)c1F. The molecule has 0 saturated carbocycles. The van der Waals surface area contributed by atoms with E-state index in [0.717, 1.165) is 23.3 Å². The molecule has 1 nitrogen and oxygen atoms in total. The second-order valence-electron chi connectivity index (χ2n) is 4.83. The van der Waals surface area contributed by atoms with Crippen molar-refractivity contribution in [1.29, 1.82) is 0 Å². The summed E-state index contributed by atoms with van der Waals surface area (Å²) < 4.78 is 66.8. The van der Waals surface area contributed by atoms with Gasteiger partial charge in [-0.1, -0.05) is 0 Å². The topological polar surface area (TPSA) is 12.0 Å². The van der Waals surface area contributed by atoms with E-state index in [1.165, 1.54) is 11.3 Å². The van der Waals surface area contributed by atoms with Gasteiger partial charge in [0.15, 0.2) is 23.3 Å². The predicted molar refractivity (Wildman–Crippen MR) is 69.9 cm³/mol. The summed E-state index contributed by atoms with van der Waals surface area (Å²) in [6.07, 6.45) is 2.23. The summed E-state index contributed by atoms with van der Waals surface area (Å²) in [6, 6.07) is 1.36. The van der Waals surface area contributed by atoms with E-state index in [1.54, 1.807) is 0 Å². The fourth-order valence-electron chi connectivity index (χ4n) is 2.54. The van der Waals surface area contributed by atoms with Crippen LogP contribution in [0.2, 0.25) is 0 Å². The number of halogens is 5. The average Bonchev–Trinajstić information content (AvgIpc) is 2.97. The zero-order valence-corrected chi connectivity index (χ0v) is 11.5. The van der Waals surface area contributed by atoms with Crippen LogP contribution in [0.4, 0.5) is 27.6 Å². The molecule has 7 heteroatoms. The summed E-state index contributed by atoms with van der Waals surface area (Å²) in [5.74, 6) is -9.66. The van der Waals surface area contributed by atoms with E-state index in [9.17, 15) is 22.0 Å². The van der Waals surface area contributed by atoms with Crippen molar-refractivity contribution in [2.75, 3.05) is 5.32 Å². The zero-order chi connectivity index (χ0) is 15.1. The molecular weight excluding hydrogens is 309 g/mol. The molecule has 1 aromatic carbocycles. The Labute approximate surface area is 121 Å². The molecule has 21 heavy (non-hydrogen) atoms. The third kappa shape index (κ3) is 2.29. The van der Waals surface area contributed by atoms with Gasteiger partial charge in [0.05, 0.1) is 6.04 Å². The lowest BCUT2D eigenvalue weighted by Gasteiger charge is -2.25. The van der Waals surface area contributed by atoms with E-state index < -0.39 is 40.8 Å². The first kappa shape index (κ1) is 14.3. The molecule has 1 unspecified atom stereocenters. The molecule has 1 aliphatic carbocycles. The van der Waals surface area contributed by atoms with E-state index in [-0.39, 0.29) is 0 Å². The van der Waals surface area contributed by atoms with Gasteiger partial charge in [-0.2, -0.15) is 0 Å². The van der Waals surface area contributed by atoms with Crippen LogP contribution >= 0.6 is 11.3 Å². The third-order valence-electron chi connectivity index (χ3n) is 3.58. The van der Waals surface area contributed by atoms with E-state index in [4.69, 9.17) is 0 Å². The molecule has 1 aromatic heterocycles. The van der Waals surface area contributed by atoms with Gasteiger partial charge in [0.1, 0.15) is 5.69 Å². The molecule has 1 N–H and O–H groups in total. The largest absolute Gasteiger partial charge is 0.373 e. The van der Waals surface area contributed by atoms with Crippen molar-refractivity contribution >= 4 is 17.0 Å². The summed E-state index contributed by atoms with van der Waals surface area (Å²) in [5.41, 5.74) is -0.106. The minimum Gasteiger partial charge on any atom is -0.373 e. The lowest BCUT2D eigenvalue weighted by Crippen LogP contribution is -2.18. The van der Waals surface area contributed by atoms with Crippen LogP contribution in [0, 0.1) is 29.1 Å². The molecule has 1 aliphatic rings. The van der Waals surface area contributed by atoms with Gasteiger partial charge in [0.2, 0.25) is 5.82 Å². The summed E-state index contributed by atoms with van der Waals surface area (Å²) in [6.45, 7) is 0. The van der Waals surface area contributed by atoms with Crippen LogP contribution in [0.15, 0.2) is 11.4 Å². The van der Waals surface area contributed by atoms with Crippen LogP contribution in [0.25, 0.3) is 0 Å². The number of fused-ring (bicyclic) bond motifs is 1. The van der Waals surface area contributed by atoms with Crippen molar-refractivity contribution in [1.82, 2.24) is 0 Å². The van der Waals surface area contributed by atoms with E-state index >= 15 is 0 Å². The summed E-state index contributed by atoms with van der Waals surface area (Å²) in [4.78, 5) is 1.07. The van der Waals surface area contributed by atoms with Gasteiger partial charge in [-0.05, 0) is 36.3 Å². The van der Waals surface area contributed by atoms with Crippen molar-refractivity contribution in [3.05, 3.63) is 51.0 Å². The highest BCUT2D eigenvalue weighted by Gasteiger charge is 2.29. The molecule has 2 aromatic rings. The van der Waals surface area contributed by atoms with E-state index in [2.05, 4.69) is 5.32 Å². The second-order valence-corrected chi connectivity index (χ2v) is 5.83. The average molecular weight is 319 g/mol. The Morgan fingerprint density at radius 1 is 0.952 bits per heavy atom. The van der Waals surface area contributed by atoms with E-state index in [1.807, 2.05) is 11.4 Å². The fraction of sp³-hybridized carbons (Fsp3) is 0.286. The Morgan fingerprint density at radius 3 is 2.24 bits per heavy atom. The van der Waals surface area contributed by atoms with Gasteiger partial charge in [0, 0.05) is 4.88 Å². The Kier molecular flexibility index (Phi) is 3.61. The second kappa shape index (κ2) is 5.29. The minimum absolute atomic E-state index is 0.451. The van der Waals surface area contributed by atoms with Crippen molar-refractivity contribution in [2.24, 2.45) is 0 Å². The first-order valence-corrected chi connectivity index (χ1v) is 7.23. The molecule has 3 rings (SSSR count). The molecule has 0 bridgehead atoms. The molecule has 0 fully saturated rings. The first-order valence-electron chi connectivity index (χ1n) is 6.35. The number of nitrogens with one attached hydrogen (secondary N) is 1. The van der Waals surface area contributed by atoms with Crippen LogP contribution in [-0.2, 0) is 6.42 Å². The maximum Gasteiger partial charge on any atom is 0.200 e. The molecule has 1 atom stereocenters. The summed E-state index contributed by atoms with van der Waals surface area (Å²) in [7, 11) is 0. The van der Waals surface area contributed by atoms with Gasteiger partial charge in [0.25, 0.3) is 0 Å². The number of hydrogen-bond donors (Lipinski definition) is 1.